The van der Waals surface area contributed by atoms with Crippen molar-refractivity contribution in [2.24, 2.45) is 0 Å². The number of benzene rings is 1. The van der Waals surface area contributed by atoms with E-state index in [0.717, 1.165) is 24.4 Å². The Morgan fingerprint density at radius 1 is 1.42 bits per heavy atom. The van der Waals surface area contributed by atoms with Crippen molar-refractivity contribution < 1.29 is 4.74 Å². The van der Waals surface area contributed by atoms with Crippen LogP contribution >= 0.6 is 11.6 Å². The van der Waals surface area contributed by atoms with E-state index in [1.807, 2.05) is 18.2 Å². The molecule has 5 nitrogen and oxygen atoms in total. The summed E-state index contributed by atoms with van der Waals surface area (Å²) in [6, 6.07) is 6.02. The first-order chi connectivity index (χ1) is 9.22. The van der Waals surface area contributed by atoms with Gasteiger partial charge < -0.3 is 15.8 Å². The molecule has 0 spiro atoms. The lowest BCUT2D eigenvalue weighted by Crippen LogP contribution is -2.34. The Balaban J connectivity index is 1.95. The zero-order chi connectivity index (χ0) is 13.2. The lowest BCUT2D eigenvalue weighted by Gasteiger charge is -2.24. The molecular weight excluding hydrogens is 264 g/mol. The second-order valence-corrected chi connectivity index (χ2v) is 4.98. The molecule has 3 rings (SSSR count). The molecule has 2 heterocycles. The second-order valence-electron chi connectivity index (χ2n) is 4.54. The molecule has 19 heavy (non-hydrogen) atoms. The summed E-state index contributed by atoms with van der Waals surface area (Å²) in [7, 11) is 0. The Labute approximate surface area is 116 Å². The van der Waals surface area contributed by atoms with Crippen LogP contribution in [0.3, 0.4) is 0 Å². The van der Waals surface area contributed by atoms with Crippen molar-refractivity contribution in [3.8, 4) is 5.69 Å². The lowest BCUT2D eigenvalue weighted by molar-refractivity contribution is 0.0769. The number of nitrogens with zero attached hydrogens (tertiary/aromatic N) is 2. The largest absolute Gasteiger partial charge is 0.396 e. The molecule has 1 aromatic heterocycles. The number of hydrogen-bond donors (Lipinski definition) is 2. The van der Waals surface area contributed by atoms with Gasteiger partial charge in [-0.1, -0.05) is 11.6 Å². The summed E-state index contributed by atoms with van der Waals surface area (Å²) in [5.74, 6) is 0. The first kappa shape index (κ1) is 12.5. The van der Waals surface area contributed by atoms with Gasteiger partial charge in [0.15, 0.2) is 0 Å². The van der Waals surface area contributed by atoms with Crippen LogP contribution in [-0.2, 0) is 4.74 Å². The molecule has 0 saturated carbocycles. The predicted octanol–water partition coefficient (Wildman–Crippen LogP) is 1.77. The summed E-state index contributed by atoms with van der Waals surface area (Å²) in [5.41, 5.74) is 8.30. The van der Waals surface area contributed by atoms with E-state index in [1.54, 1.807) is 17.1 Å². The maximum absolute atomic E-state index is 6.18. The van der Waals surface area contributed by atoms with E-state index in [2.05, 4.69) is 10.4 Å². The van der Waals surface area contributed by atoms with Crippen LogP contribution in [0, 0.1) is 0 Å². The Bertz CT molecular complexity index is 578. The molecule has 1 atom stereocenters. The molecular formula is C13H15ClN4O. The van der Waals surface area contributed by atoms with Gasteiger partial charge in [0, 0.05) is 11.6 Å². The van der Waals surface area contributed by atoms with Crippen LogP contribution in [0.1, 0.15) is 11.6 Å². The van der Waals surface area contributed by atoms with E-state index in [-0.39, 0.29) is 6.04 Å². The zero-order valence-corrected chi connectivity index (χ0v) is 11.1. The van der Waals surface area contributed by atoms with Gasteiger partial charge in [0.1, 0.15) is 0 Å². The Morgan fingerprint density at radius 3 is 3.00 bits per heavy atom. The van der Waals surface area contributed by atoms with Gasteiger partial charge in [-0.05, 0) is 23.8 Å². The van der Waals surface area contributed by atoms with E-state index in [0.29, 0.717) is 17.3 Å². The fourth-order valence-corrected chi connectivity index (χ4v) is 2.42. The minimum Gasteiger partial charge on any atom is -0.396 e. The molecule has 1 saturated heterocycles. The molecule has 0 aliphatic carbocycles. The van der Waals surface area contributed by atoms with Crippen molar-refractivity contribution in [3.05, 3.63) is 41.2 Å². The minimum atomic E-state index is 0.166. The average molecular weight is 279 g/mol. The normalized spacial score (nSPS) is 19.5. The summed E-state index contributed by atoms with van der Waals surface area (Å²) in [6.45, 7) is 2.25. The number of morpholine rings is 1. The molecule has 100 valence electrons. The molecule has 1 aliphatic rings. The van der Waals surface area contributed by atoms with Gasteiger partial charge in [0.05, 0.1) is 43.0 Å². The van der Waals surface area contributed by atoms with Gasteiger partial charge in [-0.2, -0.15) is 5.10 Å². The van der Waals surface area contributed by atoms with Crippen LogP contribution in [0.15, 0.2) is 30.6 Å². The maximum Gasteiger partial charge on any atom is 0.0724 e. The number of rotatable bonds is 2. The number of hydrogen-bond acceptors (Lipinski definition) is 4. The van der Waals surface area contributed by atoms with Gasteiger partial charge in [-0.15, -0.1) is 0 Å². The molecule has 0 bridgehead atoms. The monoisotopic (exact) mass is 278 g/mol. The number of anilines is 1. The van der Waals surface area contributed by atoms with Crippen molar-refractivity contribution in [1.29, 1.82) is 0 Å². The second kappa shape index (κ2) is 5.21. The average Bonchev–Trinajstić information content (AvgIpc) is 2.86. The van der Waals surface area contributed by atoms with Crippen molar-refractivity contribution in [3.63, 3.8) is 0 Å². The van der Waals surface area contributed by atoms with E-state index in [4.69, 9.17) is 22.1 Å². The third-order valence-electron chi connectivity index (χ3n) is 3.10. The van der Waals surface area contributed by atoms with Gasteiger partial charge in [-0.25, -0.2) is 4.68 Å². The van der Waals surface area contributed by atoms with Crippen molar-refractivity contribution in [2.45, 2.75) is 6.04 Å². The van der Waals surface area contributed by atoms with Gasteiger partial charge in [-0.3, -0.25) is 0 Å². The molecule has 0 amide bonds. The zero-order valence-electron chi connectivity index (χ0n) is 10.3. The topological polar surface area (TPSA) is 65.1 Å². The molecule has 3 N–H and O–H groups in total. The number of nitrogens with two attached hydrogens (primary N) is 1. The van der Waals surface area contributed by atoms with Crippen molar-refractivity contribution in [2.75, 3.05) is 25.5 Å². The van der Waals surface area contributed by atoms with E-state index >= 15 is 0 Å². The van der Waals surface area contributed by atoms with Crippen LogP contribution < -0.4 is 11.1 Å². The summed E-state index contributed by atoms with van der Waals surface area (Å²) in [4.78, 5) is 0. The molecule has 1 fully saturated rings. The molecule has 1 aromatic carbocycles. The number of nitrogen functional groups attached to an aromatic ring is 1. The highest BCUT2D eigenvalue weighted by Gasteiger charge is 2.16. The lowest BCUT2D eigenvalue weighted by atomic mass is 10.1. The standard InChI is InChI=1S/C13H15ClN4O/c14-10-3-9(13-8-19-2-1-16-13)4-12(5-10)18-7-11(15)6-17-18/h3-7,13,16H,1-2,8,15H2. The fourth-order valence-electron chi connectivity index (χ4n) is 2.19. The maximum atomic E-state index is 6.18. The Kier molecular flexibility index (Phi) is 3.42. The highest BCUT2D eigenvalue weighted by molar-refractivity contribution is 6.30. The van der Waals surface area contributed by atoms with Crippen molar-refractivity contribution >= 4 is 17.3 Å². The molecule has 0 radical (unpaired) electrons. The van der Waals surface area contributed by atoms with E-state index in [9.17, 15) is 0 Å². The van der Waals surface area contributed by atoms with E-state index < -0.39 is 0 Å². The molecule has 1 aliphatic heterocycles. The van der Waals surface area contributed by atoms with Crippen LogP contribution in [0.4, 0.5) is 5.69 Å². The van der Waals surface area contributed by atoms with Crippen LogP contribution in [-0.4, -0.2) is 29.5 Å². The first-order valence-electron chi connectivity index (χ1n) is 6.14. The van der Waals surface area contributed by atoms with Crippen molar-refractivity contribution in [1.82, 2.24) is 15.1 Å². The molecule has 1 unspecified atom stereocenters. The van der Waals surface area contributed by atoms with Gasteiger partial charge in [0.25, 0.3) is 0 Å². The first-order valence-corrected chi connectivity index (χ1v) is 6.52. The summed E-state index contributed by atoms with van der Waals surface area (Å²) in [6.07, 6.45) is 3.38. The fraction of sp³-hybridized carbons (Fsp3) is 0.308. The third-order valence-corrected chi connectivity index (χ3v) is 3.31. The Hall–Kier alpha value is -1.56. The smallest absolute Gasteiger partial charge is 0.0724 e. The number of aromatic nitrogens is 2. The summed E-state index contributed by atoms with van der Waals surface area (Å²) < 4.78 is 7.19. The van der Waals surface area contributed by atoms with Crippen LogP contribution in [0.5, 0.6) is 0 Å². The highest BCUT2D eigenvalue weighted by atomic mass is 35.5. The van der Waals surface area contributed by atoms with Gasteiger partial charge in [0.2, 0.25) is 0 Å². The molecule has 6 heteroatoms. The third kappa shape index (κ3) is 2.73. The van der Waals surface area contributed by atoms with Crippen LogP contribution in [0.2, 0.25) is 5.02 Å². The highest BCUT2D eigenvalue weighted by Crippen LogP contribution is 2.24. The number of ether oxygens (including phenoxy) is 1. The predicted molar refractivity (Wildman–Crippen MR) is 74.5 cm³/mol. The van der Waals surface area contributed by atoms with Crippen LogP contribution in [0.25, 0.3) is 5.69 Å². The summed E-state index contributed by atoms with van der Waals surface area (Å²) >= 11 is 6.18. The van der Waals surface area contributed by atoms with Gasteiger partial charge >= 0.3 is 0 Å². The Morgan fingerprint density at radius 2 is 2.32 bits per heavy atom. The molecule has 2 aromatic rings. The number of nitrogens with one attached hydrogen (secondary N) is 1. The summed E-state index contributed by atoms with van der Waals surface area (Å²) in [5, 5.41) is 8.28. The quantitative estimate of drug-likeness (QED) is 0.879. The number of halogens is 1. The SMILES string of the molecule is Nc1cnn(-c2cc(Cl)cc(C3COCCN3)c2)c1. The minimum absolute atomic E-state index is 0.166. The van der Waals surface area contributed by atoms with E-state index in [1.165, 1.54) is 0 Å².